The van der Waals surface area contributed by atoms with Crippen molar-refractivity contribution in [3.63, 3.8) is 0 Å². The monoisotopic (exact) mass is 410 g/mol. The molecule has 1 fully saturated rings. The number of rotatable bonds is 5. The molecule has 29 heavy (non-hydrogen) atoms. The summed E-state index contributed by atoms with van der Waals surface area (Å²) in [5.74, 6) is 0.0276. The molecule has 1 aromatic heterocycles. The molecule has 9 heteroatoms. The molecule has 1 aliphatic heterocycles. The molecule has 156 valence electrons. The van der Waals surface area contributed by atoms with Crippen molar-refractivity contribution in [3.8, 4) is 0 Å². The predicted octanol–water partition coefficient (Wildman–Crippen LogP) is 3.02. The molecule has 0 N–H and O–H groups in total. The third kappa shape index (κ3) is 5.44. The summed E-state index contributed by atoms with van der Waals surface area (Å²) >= 11 is 0. The highest BCUT2D eigenvalue weighted by molar-refractivity contribution is 5.78. The molecule has 0 atom stereocenters. The number of amides is 1. The van der Waals surface area contributed by atoms with Crippen LogP contribution in [0.25, 0.3) is 0 Å². The van der Waals surface area contributed by atoms with Crippen molar-refractivity contribution in [1.82, 2.24) is 14.8 Å². The van der Waals surface area contributed by atoms with Gasteiger partial charge in [0.2, 0.25) is 5.91 Å². The second-order valence-corrected chi connectivity index (χ2v) is 7.01. The van der Waals surface area contributed by atoms with Gasteiger partial charge in [0, 0.05) is 51.5 Å². The highest BCUT2D eigenvalue weighted by Gasteiger charge is 2.31. The fourth-order valence-electron chi connectivity index (χ4n) is 3.16. The van der Waals surface area contributed by atoms with Gasteiger partial charge in [0.25, 0.3) is 0 Å². The zero-order valence-corrected chi connectivity index (χ0v) is 16.0. The Morgan fingerprint density at radius 1 is 1.10 bits per heavy atom. The molecule has 0 aliphatic carbocycles. The van der Waals surface area contributed by atoms with Crippen LogP contribution in [0.15, 0.2) is 42.6 Å². The van der Waals surface area contributed by atoms with Crippen molar-refractivity contribution in [1.29, 1.82) is 0 Å². The summed E-state index contributed by atoms with van der Waals surface area (Å²) in [5, 5.41) is 0. The van der Waals surface area contributed by atoms with Crippen molar-refractivity contribution in [2.75, 3.05) is 44.7 Å². The molecule has 1 amide bonds. The van der Waals surface area contributed by atoms with Gasteiger partial charge in [-0.2, -0.15) is 13.2 Å². The Bertz CT molecular complexity index is 833. The number of carbonyl (C=O) groups excluding carboxylic acids is 1. The van der Waals surface area contributed by atoms with Crippen LogP contribution < -0.4 is 4.90 Å². The zero-order chi connectivity index (χ0) is 21.0. The average molecular weight is 410 g/mol. The Morgan fingerprint density at radius 3 is 2.38 bits per heavy atom. The normalized spacial score (nSPS) is 15.4. The van der Waals surface area contributed by atoms with Crippen LogP contribution in [0.1, 0.15) is 11.1 Å². The Labute approximate surface area is 166 Å². The van der Waals surface area contributed by atoms with Crippen LogP contribution in [0.4, 0.5) is 23.4 Å². The molecular weight excluding hydrogens is 388 g/mol. The lowest BCUT2D eigenvalue weighted by Crippen LogP contribution is -2.49. The number of benzene rings is 1. The molecule has 3 rings (SSSR count). The van der Waals surface area contributed by atoms with Crippen LogP contribution in [0.3, 0.4) is 0 Å². The molecule has 5 nitrogen and oxygen atoms in total. The maximum Gasteiger partial charge on any atom is 0.417 e. The maximum atomic E-state index is 13.7. The van der Waals surface area contributed by atoms with Gasteiger partial charge in [-0.1, -0.05) is 18.2 Å². The van der Waals surface area contributed by atoms with E-state index in [1.165, 1.54) is 17.0 Å². The number of carbonyl (C=O) groups is 1. The third-order valence-corrected chi connectivity index (χ3v) is 4.92. The molecule has 0 bridgehead atoms. The minimum Gasteiger partial charge on any atom is -0.354 e. The molecule has 2 aromatic rings. The predicted molar refractivity (Wildman–Crippen MR) is 101 cm³/mol. The molecule has 0 unspecified atom stereocenters. The smallest absolute Gasteiger partial charge is 0.354 e. The minimum atomic E-state index is -4.40. The first-order valence-electron chi connectivity index (χ1n) is 9.22. The summed E-state index contributed by atoms with van der Waals surface area (Å²) in [5.41, 5.74) is -0.315. The summed E-state index contributed by atoms with van der Waals surface area (Å²) < 4.78 is 51.7. The number of hydrogen-bond donors (Lipinski definition) is 0. The van der Waals surface area contributed by atoms with Crippen molar-refractivity contribution in [3.05, 3.63) is 59.5 Å². The molecule has 1 aliphatic rings. The van der Waals surface area contributed by atoms with Crippen molar-refractivity contribution in [2.24, 2.45) is 0 Å². The number of likely N-dealkylation sites (N-methyl/N-ethyl adjacent to an activating group) is 1. The zero-order valence-electron chi connectivity index (χ0n) is 16.0. The van der Waals surface area contributed by atoms with Gasteiger partial charge >= 0.3 is 6.18 Å². The second kappa shape index (κ2) is 8.77. The van der Waals surface area contributed by atoms with E-state index in [0.717, 1.165) is 12.3 Å². The molecule has 0 radical (unpaired) electrons. The molecular formula is C20H22F4N4O. The number of nitrogens with zero attached hydrogens (tertiary/aromatic N) is 4. The van der Waals surface area contributed by atoms with Gasteiger partial charge in [0.1, 0.15) is 11.6 Å². The summed E-state index contributed by atoms with van der Waals surface area (Å²) in [6.45, 7) is 2.69. The van der Waals surface area contributed by atoms with Crippen LogP contribution in [0, 0.1) is 5.82 Å². The van der Waals surface area contributed by atoms with E-state index in [9.17, 15) is 22.4 Å². The molecule has 0 spiro atoms. The fraction of sp³-hybridized carbons (Fsp3) is 0.400. The largest absolute Gasteiger partial charge is 0.417 e. The first-order chi connectivity index (χ1) is 13.7. The van der Waals surface area contributed by atoms with E-state index >= 15 is 0 Å². The first-order valence-corrected chi connectivity index (χ1v) is 9.22. The van der Waals surface area contributed by atoms with E-state index in [4.69, 9.17) is 0 Å². The van der Waals surface area contributed by atoms with Gasteiger partial charge in [-0.05, 0) is 18.2 Å². The van der Waals surface area contributed by atoms with Crippen molar-refractivity contribution < 1.29 is 22.4 Å². The number of pyridine rings is 1. The summed E-state index contributed by atoms with van der Waals surface area (Å²) in [6, 6.07) is 8.73. The van der Waals surface area contributed by atoms with Crippen LogP contribution >= 0.6 is 0 Å². The van der Waals surface area contributed by atoms with Gasteiger partial charge in [0.15, 0.2) is 0 Å². The van der Waals surface area contributed by atoms with Crippen molar-refractivity contribution in [2.45, 2.75) is 12.7 Å². The highest BCUT2D eigenvalue weighted by atomic mass is 19.4. The lowest BCUT2D eigenvalue weighted by atomic mass is 10.2. The summed E-state index contributed by atoms with van der Waals surface area (Å²) in [6.07, 6.45) is -3.57. The molecule has 1 aromatic carbocycles. The number of alkyl halides is 3. The van der Waals surface area contributed by atoms with E-state index in [0.29, 0.717) is 37.6 Å². The lowest BCUT2D eigenvalue weighted by Gasteiger charge is -2.35. The van der Waals surface area contributed by atoms with Gasteiger partial charge in [0.05, 0.1) is 12.1 Å². The van der Waals surface area contributed by atoms with Gasteiger partial charge < -0.3 is 9.80 Å². The number of halogens is 4. The Kier molecular flexibility index (Phi) is 6.36. The fourth-order valence-corrected chi connectivity index (χ4v) is 3.16. The minimum absolute atomic E-state index is 0.116. The van der Waals surface area contributed by atoms with Crippen LogP contribution in [0.5, 0.6) is 0 Å². The highest BCUT2D eigenvalue weighted by Crippen LogP contribution is 2.29. The Balaban J connectivity index is 1.49. The van der Waals surface area contributed by atoms with E-state index in [2.05, 4.69) is 4.98 Å². The molecule has 0 saturated carbocycles. The number of piperazine rings is 1. The topological polar surface area (TPSA) is 39.7 Å². The second-order valence-electron chi connectivity index (χ2n) is 7.01. The van der Waals surface area contributed by atoms with Crippen LogP contribution in [0.2, 0.25) is 0 Å². The Hall–Kier alpha value is -2.68. The SMILES string of the molecule is CN(Cc1ccccc1F)C(=O)CN1CCN(c2ccc(C(F)(F)F)cn2)CC1. The number of aromatic nitrogens is 1. The number of anilines is 1. The van der Waals surface area contributed by atoms with Gasteiger partial charge in [-0.3, -0.25) is 9.69 Å². The molecule has 2 heterocycles. The van der Waals surface area contributed by atoms with E-state index < -0.39 is 11.7 Å². The lowest BCUT2D eigenvalue weighted by molar-refractivity contribution is -0.137. The third-order valence-electron chi connectivity index (χ3n) is 4.92. The number of hydrogen-bond acceptors (Lipinski definition) is 4. The van der Waals surface area contributed by atoms with E-state index in [1.54, 1.807) is 25.2 Å². The standard InChI is InChI=1S/C20H22F4N4O/c1-26(13-15-4-2-3-5-17(15)21)19(29)14-27-8-10-28(11-9-27)18-7-6-16(12-25-18)20(22,23)24/h2-7,12H,8-11,13-14H2,1H3. The quantitative estimate of drug-likeness (QED) is 0.711. The van der Waals surface area contributed by atoms with Crippen molar-refractivity contribution >= 4 is 11.7 Å². The van der Waals surface area contributed by atoms with Gasteiger partial charge in [-0.25, -0.2) is 9.37 Å². The van der Waals surface area contributed by atoms with Gasteiger partial charge in [-0.15, -0.1) is 0 Å². The van der Waals surface area contributed by atoms with Crippen LogP contribution in [-0.4, -0.2) is 60.5 Å². The maximum absolute atomic E-state index is 13.7. The summed E-state index contributed by atoms with van der Waals surface area (Å²) in [4.78, 5) is 21.7. The molecule has 1 saturated heterocycles. The first kappa shape index (κ1) is 21.0. The van der Waals surface area contributed by atoms with Crippen LogP contribution in [-0.2, 0) is 17.5 Å². The van der Waals surface area contributed by atoms with E-state index in [1.807, 2.05) is 9.80 Å². The summed E-state index contributed by atoms with van der Waals surface area (Å²) in [7, 11) is 1.64. The Morgan fingerprint density at radius 2 is 1.79 bits per heavy atom. The van der Waals surface area contributed by atoms with E-state index in [-0.39, 0.29) is 24.8 Å². The average Bonchev–Trinajstić information content (AvgIpc) is 2.69.